The van der Waals surface area contributed by atoms with Crippen LogP contribution in [-0.2, 0) is 16.1 Å². The highest BCUT2D eigenvalue weighted by Gasteiger charge is 2.26. The van der Waals surface area contributed by atoms with Crippen molar-refractivity contribution in [3.8, 4) is 0 Å². The lowest BCUT2D eigenvalue weighted by Gasteiger charge is -2.18. The normalized spacial score (nSPS) is 24.1. The number of ether oxygens (including phenoxy) is 2. The summed E-state index contributed by atoms with van der Waals surface area (Å²) in [5.74, 6) is 0.583. The van der Waals surface area contributed by atoms with Gasteiger partial charge in [0, 0.05) is 24.6 Å². The lowest BCUT2D eigenvalue weighted by Crippen LogP contribution is -2.35. The largest absolute Gasteiger partial charge is 0.389 e. The number of aliphatic hydroxyl groups is 1. The summed E-state index contributed by atoms with van der Waals surface area (Å²) in [6.07, 6.45) is 2.13. The molecule has 0 amide bonds. The number of nitrogens with one attached hydrogen (secondary N) is 1. The molecule has 0 aromatic carbocycles. The van der Waals surface area contributed by atoms with E-state index in [1.807, 2.05) is 17.5 Å². The number of hydrogen-bond donors (Lipinski definition) is 2. The minimum Gasteiger partial charge on any atom is -0.389 e. The molecule has 1 aliphatic rings. The molecule has 0 aliphatic carbocycles. The Kier molecular flexibility index (Phi) is 6.96. The molecule has 0 spiro atoms. The highest BCUT2D eigenvalue weighted by molar-refractivity contribution is 7.09. The maximum atomic E-state index is 9.86. The van der Waals surface area contributed by atoms with Crippen LogP contribution in [-0.4, -0.2) is 43.6 Å². The minimum atomic E-state index is -0.447. The van der Waals surface area contributed by atoms with E-state index in [-0.39, 0.29) is 0 Å². The Morgan fingerprint density at radius 1 is 1.60 bits per heavy atom. The summed E-state index contributed by atoms with van der Waals surface area (Å²) in [6.45, 7) is 5.50. The molecule has 1 fully saturated rings. The first-order chi connectivity index (χ1) is 9.79. The Hall–Kier alpha value is -0.460. The van der Waals surface area contributed by atoms with Crippen LogP contribution in [0.5, 0.6) is 0 Å². The fourth-order valence-electron chi connectivity index (χ4n) is 2.56. The Morgan fingerprint density at radius 2 is 2.50 bits per heavy atom. The second-order valence-corrected chi connectivity index (χ2v) is 6.31. The third kappa shape index (κ3) is 5.14. The van der Waals surface area contributed by atoms with Gasteiger partial charge < -0.3 is 19.9 Å². The van der Waals surface area contributed by atoms with Crippen molar-refractivity contribution in [1.29, 1.82) is 0 Å². The summed E-state index contributed by atoms with van der Waals surface area (Å²) in [4.78, 5) is 1.19. The molecule has 1 aliphatic heterocycles. The maximum absolute atomic E-state index is 9.86. The van der Waals surface area contributed by atoms with Gasteiger partial charge in [0.05, 0.1) is 25.4 Å². The van der Waals surface area contributed by atoms with Gasteiger partial charge in [-0.05, 0) is 30.2 Å². The van der Waals surface area contributed by atoms with E-state index in [0.717, 1.165) is 26.0 Å². The van der Waals surface area contributed by atoms with Gasteiger partial charge in [-0.2, -0.15) is 0 Å². The number of thiophene rings is 1. The molecule has 2 N–H and O–H groups in total. The Labute approximate surface area is 125 Å². The molecule has 3 unspecified atom stereocenters. The van der Waals surface area contributed by atoms with E-state index in [2.05, 4.69) is 12.2 Å². The van der Waals surface area contributed by atoms with Gasteiger partial charge in [-0.15, -0.1) is 11.3 Å². The summed E-state index contributed by atoms with van der Waals surface area (Å²) in [5, 5.41) is 15.2. The fraction of sp³-hybridized carbons (Fsp3) is 0.733. The van der Waals surface area contributed by atoms with Crippen LogP contribution >= 0.6 is 11.3 Å². The van der Waals surface area contributed by atoms with E-state index in [1.165, 1.54) is 4.88 Å². The summed E-state index contributed by atoms with van der Waals surface area (Å²) in [6, 6.07) is 4.05. The van der Waals surface area contributed by atoms with Crippen LogP contribution in [0.25, 0.3) is 0 Å². The smallest absolute Gasteiger partial charge is 0.0897 e. The molecule has 5 heteroatoms. The minimum absolute atomic E-state index is 0.378. The quantitative estimate of drug-likeness (QED) is 0.732. The summed E-state index contributed by atoms with van der Waals surface area (Å²) in [5.41, 5.74) is 0. The Morgan fingerprint density at radius 3 is 3.25 bits per heavy atom. The van der Waals surface area contributed by atoms with E-state index in [1.54, 1.807) is 11.3 Å². The molecule has 114 valence electrons. The average molecular weight is 299 g/mol. The second kappa shape index (κ2) is 8.74. The number of rotatable bonds is 9. The first-order valence-corrected chi connectivity index (χ1v) is 8.28. The number of aliphatic hydroxyl groups excluding tert-OH is 1. The van der Waals surface area contributed by atoms with Gasteiger partial charge in [-0.25, -0.2) is 0 Å². The highest BCUT2D eigenvalue weighted by atomic mass is 32.1. The molecule has 1 aromatic rings. The second-order valence-electron chi connectivity index (χ2n) is 5.27. The van der Waals surface area contributed by atoms with Crippen molar-refractivity contribution in [3.05, 3.63) is 22.4 Å². The molecule has 3 atom stereocenters. The predicted molar refractivity (Wildman–Crippen MR) is 81.0 cm³/mol. The molecule has 2 rings (SSSR count). The molecule has 2 heterocycles. The van der Waals surface area contributed by atoms with Crippen LogP contribution in [0.15, 0.2) is 17.5 Å². The van der Waals surface area contributed by atoms with Gasteiger partial charge in [-0.3, -0.25) is 0 Å². The average Bonchev–Trinajstić information content (AvgIpc) is 3.09. The zero-order valence-corrected chi connectivity index (χ0v) is 12.9. The van der Waals surface area contributed by atoms with Crippen LogP contribution in [0.2, 0.25) is 0 Å². The van der Waals surface area contributed by atoms with Gasteiger partial charge in [0.15, 0.2) is 0 Å². The number of hydrogen-bond acceptors (Lipinski definition) is 5. The fourth-order valence-corrected chi connectivity index (χ4v) is 3.20. The first-order valence-electron chi connectivity index (χ1n) is 7.40. The van der Waals surface area contributed by atoms with E-state index in [0.29, 0.717) is 31.8 Å². The van der Waals surface area contributed by atoms with Crippen LogP contribution in [0.1, 0.15) is 24.6 Å². The SMILES string of the molecule is CCC1OCCC1CNCC(O)COCc1cccs1. The van der Waals surface area contributed by atoms with Crippen molar-refractivity contribution in [2.45, 2.75) is 38.6 Å². The van der Waals surface area contributed by atoms with Crippen molar-refractivity contribution in [2.24, 2.45) is 5.92 Å². The summed E-state index contributed by atoms with van der Waals surface area (Å²) < 4.78 is 11.2. The third-order valence-electron chi connectivity index (χ3n) is 3.67. The van der Waals surface area contributed by atoms with Crippen molar-refractivity contribution in [1.82, 2.24) is 5.32 Å². The molecular weight excluding hydrogens is 274 g/mol. The molecule has 20 heavy (non-hydrogen) atoms. The lowest BCUT2D eigenvalue weighted by atomic mass is 10.00. The highest BCUT2D eigenvalue weighted by Crippen LogP contribution is 2.22. The zero-order chi connectivity index (χ0) is 14.2. The van der Waals surface area contributed by atoms with Crippen LogP contribution < -0.4 is 5.32 Å². The van der Waals surface area contributed by atoms with Crippen molar-refractivity contribution in [2.75, 3.05) is 26.3 Å². The zero-order valence-electron chi connectivity index (χ0n) is 12.1. The van der Waals surface area contributed by atoms with Gasteiger partial charge in [0.1, 0.15) is 0 Å². The maximum Gasteiger partial charge on any atom is 0.0897 e. The lowest BCUT2D eigenvalue weighted by molar-refractivity contribution is 0.0286. The van der Waals surface area contributed by atoms with Crippen LogP contribution in [0.4, 0.5) is 0 Å². The van der Waals surface area contributed by atoms with E-state index < -0.39 is 6.10 Å². The van der Waals surface area contributed by atoms with E-state index in [9.17, 15) is 5.11 Å². The topological polar surface area (TPSA) is 50.7 Å². The van der Waals surface area contributed by atoms with E-state index >= 15 is 0 Å². The molecule has 0 saturated carbocycles. The van der Waals surface area contributed by atoms with Crippen LogP contribution in [0, 0.1) is 5.92 Å². The monoisotopic (exact) mass is 299 g/mol. The summed E-state index contributed by atoms with van der Waals surface area (Å²) >= 11 is 1.68. The molecule has 0 bridgehead atoms. The molecule has 1 aromatic heterocycles. The summed E-state index contributed by atoms with van der Waals surface area (Å²) in [7, 11) is 0. The molecule has 1 saturated heterocycles. The van der Waals surface area contributed by atoms with E-state index in [4.69, 9.17) is 9.47 Å². The predicted octanol–water partition coefficient (Wildman–Crippen LogP) is 2.03. The van der Waals surface area contributed by atoms with Gasteiger partial charge in [-0.1, -0.05) is 13.0 Å². The molecule has 0 radical (unpaired) electrons. The first kappa shape index (κ1) is 15.9. The van der Waals surface area contributed by atoms with Gasteiger partial charge in [0.2, 0.25) is 0 Å². The Bertz CT molecular complexity index is 358. The standard InChI is InChI=1S/C15H25NO3S/c1-2-15-12(5-6-19-15)8-16-9-13(17)10-18-11-14-4-3-7-20-14/h3-4,7,12-13,15-17H,2,5-6,8-11H2,1H3. The van der Waals surface area contributed by atoms with Crippen LogP contribution in [0.3, 0.4) is 0 Å². The van der Waals surface area contributed by atoms with Crippen molar-refractivity contribution in [3.63, 3.8) is 0 Å². The van der Waals surface area contributed by atoms with Crippen molar-refractivity contribution < 1.29 is 14.6 Å². The molecular formula is C15H25NO3S. The third-order valence-corrected chi connectivity index (χ3v) is 4.52. The van der Waals surface area contributed by atoms with Gasteiger partial charge in [0.25, 0.3) is 0 Å². The Balaban J connectivity index is 1.52. The molecule has 4 nitrogen and oxygen atoms in total. The van der Waals surface area contributed by atoms with Gasteiger partial charge >= 0.3 is 0 Å². The van der Waals surface area contributed by atoms with Crippen molar-refractivity contribution >= 4 is 11.3 Å².